The number of hydrogen-bond donors (Lipinski definition) is 1. The Hall–Kier alpha value is -1.88. The predicted molar refractivity (Wildman–Crippen MR) is 59.9 cm³/mol. The summed E-state index contributed by atoms with van der Waals surface area (Å²) in [4.78, 5) is 15.1. The first-order chi connectivity index (χ1) is 7.80. The largest absolute Gasteiger partial charge is 0.495 e. The van der Waals surface area contributed by atoms with Crippen molar-refractivity contribution >= 4 is 11.8 Å². The van der Waals surface area contributed by atoms with Crippen LogP contribution in [0.15, 0.2) is 18.3 Å². The number of nitrogens with one attached hydrogen (secondary N) is 1. The first kappa shape index (κ1) is 10.6. The molecule has 2 heterocycles. The Kier molecular flexibility index (Phi) is 2.87. The average molecular weight is 219 g/mol. The lowest BCUT2D eigenvalue weighted by molar-refractivity contribution is 0.112. The molecule has 0 spiro atoms. The van der Waals surface area contributed by atoms with Crippen LogP contribution in [0, 0.1) is 0 Å². The number of carbonyl (C=O) groups excluding carboxylic acids is 1. The third-order valence-electron chi connectivity index (χ3n) is 2.39. The van der Waals surface area contributed by atoms with Gasteiger partial charge in [-0.1, -0.05) is 0 Å². The van der Waals surface area contributed by atoms with Crippen LogP contribution in [0.3, 0.4) is 0 Å². The summed E-state index contributed by atoms with van der Waals surface area (Å²) >= 11 is 0. The van der Waals surface area contributed by atoms with Crippen LogP contribution in [-0.2, 0) is 6.54 Å². The van der Waals surface area contributed by atoms with Crippen molar-refractivity contribution in [3.8, 4) is 5.75 Å². The van der Waals surface area contributed by atoms with Crippen molar-refractivity contribution in [2.24, 2.45) is 0 Å². The molecule has 0 atom stereocenters. The molecule has 0 unspecified atom stereocenters. The van der Waals surface area contributed by atoms with Gasteiger partial charge in [0.05, 0.1) is 25.4 Å². The number of imidazole rings is 1. The molecule has 5 heteroatoms. The number of aldehydes is 1. The van der Waals surface area contributed by atoms with E-state index in [0.29, 0.717) is 12.2 Å². The lowest BCUT2D eigenvalue weighted by Gasteiger charge is -2.03. The monoisotopic (exact) mass is 219 g/mol. The first-order valence-corrected chi connectivity index (χ1v) is 4.95. The molecule has 16 heavy (non-hydrogen) atoms. The summed E-state index contributed by atoms with van der Waals surface area (Å²) in [6, 6.07) is 3.64. The highest BCUT2D eigenvalue weighted by atomic mass is 16.5. The van der Waals surface area contributed by atoms with Gasteiger partial charge in [-0.3, -0.25) is 9.20 Å². The summed E-state index contributed by atoms with van der Waals surface area (Å²) in [6.45, 7) is 0.599. The van der Waals surface area contributed by atoms with Gasteiger partial charge in [0, 0.05) is 0 Å². The van der Waals surface area contributed by atoms with Crippen LogP contribution in [0.1, 0.15) is 16.3 Å². The van der Waals surface area contributed by atoms with Crippen molar-refractivity contribution in [1.82, 2.24) is 14.7 Å². The zero-order valence-electron chi connectivity index (χ0n) is 9.23. The number of ether oxygens (including phenoxy) is 1. The molecule has 1 N–H and O–H groups in total. The number of carbonyl (C=O) groups is 1. The van der Waals surface area contributed by atoms with E-state index < -0.39 is 0 Å². The molecule has 0 amide bonds. The summed E-state index contributed by atoms with van der Waals surface area (Å²) in [5, 5.41) is 3.01. The van der Waals surface area contributed by atoms with Crippen molar-refractivity contribution in [3.63, 3.8) is 0 Å². The number of hydrogen-bond acceptors (Lipinski definition) is 4. The molecule has 0 aliphatic carbocycles. The highest BCUT2D eigenvalue weighted by Crippen LogP contribution is 2.17. The van der Waals surface area contributed by atoms with Gasteiger partial charge in [0.2, 0.25) is 0 Å². The SMILES string of the molecule is CNCc1nc(C=O)c2ccc(OC)cn12. The maximum Gasteiger partial charge on any atom is 0.170 e. The number of pyridine rings is 1. The molecular weight excluding hydrogens is 206 g/mol. The smallest absolute Gasteiger partial charge is 0.170 e. The molecule has 2 aromatic heterocycles. The average Bonchev–Trinajstić information content (AvgIpc) is 2.67. The highest BCUT2D eigenvalue weighted by Gasteiger charge is 2.10. The topological polar surface area (TPSA) is 55.6 Å². The van der Waals surface area contributed by atoms with Gasteiger partial charge in [-0.15, -0.1) is 0 Å². The van der Waals surface area contributed by atoms with Crippen LogP contribution in [0.2, 0.25) is 0 Å². The summed E-state index contributed by atoms with van der Waals surface area (Å²) in [5.41, 5.74) is 1.24. The molecule has 0 saturated carbocycles. The van der Waals surface area contributed by atoms with Gasteiger partial charge in [0.25, 0.3) is 0 Å². The molecule has 0 fully saturated rings. The second kappa shape index (κ2) is 4.32. The Morgan fingerprint density at radius 3 is 3.00 bits per heavy atom. The zero-order valence-corrected chi connectivity index (χ0v) is 9.23. The Labute approximate surface area is 93.1 Å². The third-order valence-corrected chi connectivity index (χ3v) is 2.39. The molecule has 2 rings (SSSR count). The van der Waals surface area contributed by atoms with Crippen LogP contribution in [0.5, 0.6) is 5.75 Å². The highest BCUT2D eigenvalue weighted by molar-refractivity contribution is 5.83. The van der Waals surface area contributed by atoms with E-state index in [4.69, 9.17) is 4.74 Å². The fraction of sp³-hybridized carbons (Fsp3) is 0.273. The molecule has 0 aromatic carbocycles. The van der Waals surface area contributed by atoms with Gasteiger partial charge in [0.15, 0.2) is 6.29 Å². The molecule has 0 bridgehead atoms. The molecule has 5 nitrogen and oxygen atoms in total. The number of aromatic nitrogens is 2. The zero-order chi connectivity index (χ0) is 11.5. The van der Waals surface area contributed by atoms with Gasteiger partial charge in [-0.25, -0.2) is 4.98 Å². The van der Waals surface area contributed by atoms with E-state index in [-0.39, 0.29) is 0 Å². The Morgan fingerprint density at radius 1 is 1.56 bits per heavy atom. The summed E-state index contributed by atoms with van der Waals surface area (Å²) in [7, 11) is 3.44. The Balaban J connectivity index is 2.65. The van der Waals surface area contributed by atoms with Gasteiger partial charge in [-0.05, 0) is 19.2 Å². The first-order valence-electron chi connectivity index (χ1n) is 4.95. The van der Waals surface area contributed by atoms with Crippen molar-refractivity contribution in [3.05, 3.63) is 29.8 Å². The molecule has 0 radical (unpaired) electrons. The number of fused-ring (bicyclic) bond motifs is 1. The van der Waals surface area contributed by atoms with Crippen LogP contribution in [-0.4, -0.2) is 29.8 Å². The van der Waals surface area contributed by atoms with Crippen LogP contribution < -0.4 is 10.1 Å². The molecule has 0 aliphatic heterocycles. The predicted octanol–water partition coefficient (Wildman–Crippen LogP) is 0.875. The summed E-state index contributed by atoms with van der Waals surface area (Å²) in [6.07, 6.45) is 2.59. The van der Waals surface area contributed by atoms with Gasteiger partial charge in [-0.2, -0.15) is 0 Å². The van der Waals surface area contributed by atoms with E-state index >= 15 is 0 Å². The number of nitrogens with zero attached hydrogens (tertiary/aromatic N) is 2. The lowest BCUT2D eigenvalue weighted by atomic mass is 10.3. The summed E-state index contributed by atoms with van der Waals surface area (Å²) in [5.74, 6) is 1.53. The second-order valence-corrected chi connectivity index (χ2v) is 3.39. The van der Waals surface area contributed by atoms with Crippen LogP contribution in [0.4, 0.5) is 0 Å². The lowest BCUT2D eigenvalue weighted by Crippen LogP contribution is -2.08. The standard InChI is InChI=1S/C11H13N3O2/c1-12-5-11-13-9(7-15)10-4-3-8(16-2)6-14(10)11/h3-4,6-7,12H,5H2,1-2H3. The fourth-order valence-corrected chi connectivity index (χ4v) is 1.64. The quantitative estimate of drug-likeness (QED) is 0.775. The maximum atomic E-state index is 10.9. The van der Waals surface area contributed by atoms with Crippen LogP contribution >= 0.6 is 0 Å². The fourth-order valence-electron chi connectivity index (χ4n) is 1.64. The van der Waals surface area contributed by atoms with E-state index in [9.17, 15) is 4.79 Å². The molecule has 0 aliphatic rings. The van der Waals surface area contributed by atoms with E-state index in [2.05, 4.69) is 10.3 Å². The van der Waals surface area contributed by atoms with Crippen LogP contribution in [0.25, 0.3) is 5.52 Å². The van der Waals surface area contributed by atoms with Gasteiger partial charge in [0.1, 0.15) is 17.3 Å². The minimum Gasteiger partial charge on any atom is -0.495 e. The third kappa shape index (κ3) is 1.65. The number of rotatable bonds is 4. The molecular formula is C11H13N3O2. The summed E-state index contributed by atoms with van der Waals surface area (Å²) < 4.78 is 7.00. The van der Waals surface area contributed by atoms with E-state index in [0.717, 1.165) is 23.4 Å². The van der Waals surface area contributed by atoms with Gasteiger partial charge < -0.3 is 10.1 Å². The van der Waals surface area contributed by atoms with Crippen molar-refractivity contribution in [2.45, 2.75) is 6.54 Å². The number of methoxy groups -OCH3 is 1. The van der Waals surface area contributed by atoms with Gasteiger partial charge >= 0.3 is 0 Å². The maximum absolute atomic E-state index is 10.9. The Bertz CT molecular complexity index is 519. The van der Waals surface area contributed by atoms with E-state index in [1.54, 1.807) is 7.11 Å². The van der Waals surface area contributed by atoms with Crippen molar-refractivity contribution < 1.29 is 9.53 Å². The second-order valence-electron chi connectivity index (χ2n) is 3.39. The normalized spacial score (nSPS) is 10.6. The minimum absolute atomic E-state index is 0.452. The van der Waals surface area contributed by atoms with E-state index in [1.165, 1.54) is 0 Å². The molecule has 84 valence electrons. The van der Waals surface area contributed by atoms with Crippen molar-refractivity contribution in [2.75, 3.05) is 14.2 Å². The van der Waals surface area contributed by atoms with E-state index in [1.807, 2.05) is 29.8 Å². The minimum atomic E-state index is 0.452. The molecule has 0 saturated heterocycles. The Morgan fingerprint density at radius 2 is 2.38 bits per heavy atom. The van der Waals surface area contributed by atoms with Crippen molar-refractivity contribution in [1.29, 1.82) is 0 Å². The molecule has 2 aromatic rings.